The molecule has 19 heavy (non-hydrogen) atoms. The minimum absolute atomic E-state index is 0.128. The first-order valence-electron chi connectivity index (χ1n) is 7.31. The average molecular weight is 272 g/mol. The molecule has 2 saturated heterocycles. The highest BCUT2D eigenvalue weighted by Crippen LogP contribution is 2.32. The molecule has 0 aromatic carbocycles. The number of urea groups is 1. The third-order valence-corrected chi connectivity index (χ3v) is 3.45. The average Bonchev–Trinajstić information content (AvgIpc) is 2.66. The van der Waals surface area contributed by atoms with Crippen LogP contribution in [0.25, 0.3) is 0 Å². The minimum atomic E-state index is 0.128. The van der Waals surface area contributed by atoms with Gasteiger partial charge in [0, 0.05) is 33.7 Å². The van der Waals surface area contributed by atoms with E-state index in [9.17, 15) is 4.79 Å². The largest absolute Gasteiger partial charge is 0.331 e. The van der Waals surface area contributed by atoms with Crippen molar-refractivity contribution in [1.29, 1.82) is 0 Å². The Hall–Kier alpha value is -0.810. The number of likely N-dealkylation sites (N-methyl/N-ethyl adjacent to an activating group) is 2. The molecule has 2 aliphatic heterocycles. The lowest BCUT2D eigenvalue weighted by molar-refractivity contribution is 0.0106. The van der Waals surface area contributed by atoms with Gasteiger partial charge in [0.15, 0.2) is 0 Å². The molecule has 0 aromatic rings. The summed E-state index contributed by atoms with van der Waals surface area (Å²) >= 11 is 0. The van der Waals surface area contributed by atoms with Gasteiger partial charge < -0.3 is 9.80 Å². The summed E-state index contributed by atoms with van der Waals surface area (Å²) in [5, 5.41) is 0. The predicted octanol–water partition coefficient (Wildman–Crippen LogP) is 1.61. The van der Waals surface area contributed by atoms with Gasteiger partial charge in [0.25, 0.3) is 0 Å². The van der Waals surface area contributed by atoms with Crippen LogP contribution in [0.15, 0.2) is 0 Å². The maximum Gasteiger partial charge on any atom is 0.319 e. The summed E-state index contributed by atoms with van der Waals surface area (Å²) in [6, 6.07) is 0.128. The highest BCUT2D eigenvalue weighted by Gasteiger charge is 2.52. The highest BCUT2D eigenvalue weighted by atomic mass is 16.2. The van der Waals surface area contributed by atoms with Gasteiger partial charge in [-0.3, -0.25) is 9.80 Å². The second-order valence-electron chi connectivity index (χ2n) is 5.11. The Bertz CT molecular complexity index is 275. The van der Waals surface area contributed by atoms with Crippen LogP contribution in [0.4, 0.5) is 4.79 Å². The van der Waals surface area contributed by atoms with E-state index in [4.69, 9.17) is 0 Å². The summed E-state index contributed by atoms with van der Waals surface area (Å²) in [7, 11) is 7.87. The van der Waals surface area contributed by atoms with Gasteiger partial charge in [-0.05, 0) is 14.1 Å². The molecule has 0 aliphatic carbocycles. The Labute approximate surface area is 119 Å². The topological polar surface area (TPSA) is 30.0 Å². The predicted molar refractivity (Wildman–Crippen MR) is 81.3 cm³/mol. The molecule has 0 N–H and O–H groups in total. The molecule has 1 spiro atoms. The molecular formula is C14H32N4O. The number of amides is 2. The molecule has 2 amide bonds. The molecule has 0 saturated carbocycles. The first-order chi connectivity index (χ1) is 8.94. The molecule has 0 atom stereocenters. The molecular weight excluding hydrogens is 240 g/mol. The monoisotopic (exact) mass is 272 g/mol. The van der Waals surface area contributed by atoms with Gasteiger partial charge in [0.05, 0.1) is 12.2 Å². The van der Waals surface area contributed by atoms with Crippen LogP contribution < -0.4 is 0 Å². The first kappa shape index (κ1) is 18.2. The molecule has 0 radical (unpaired) electrons. The van der Waals surface area contributed by atoms with E-state index in [0.717, 1.165) is 26.3 Å². The van der Waals surface area contributed by atoms with E-state index in [1.807, 2.05) is 32.6 Å². The van der Waals surface area contributed by atoms with Crippen LogP contribution in [0.5, 0.6) is 0 Å². The SMILES string of the molecule is CC.CC.CN1CN(C)C2(C1)CN(C(=O)N(C)C)C2. The van der Waals surface area contributed by atoms with Crippen molar-refractivity contribution < 1.29 is 4.79 Å². The lowest BCUT2D eigenvalue weighted by Crippen LogP contribution is -2.70. The summed E-state index contributed by atoms with van der Waals surface area (Å²) in [5.41, 5.74) is 0.223. The van der Waals surface area contributed by atoms with E-state index < -0.39 is 0 Å². The molecule has 2 heterocycles. The Morgan fingerprint density at radius 1 is 1.00 bits per heavy atom. The van der Waals surface area contributed by atoms with Crippen molar-refractivity contribution in [3.05, 3.63) is 0 Å². The quantitative estimate of drug-likeness (QED) is 0.671. The summed E-state index contributed by atoms with van der Waals surface area (Å²) < 4.78 is 0. The van der Waals surface area contributed by atoms with Crippen molar-refractivity contribution in [2.45, 2.75) is 33.2 Å². The lowest BCUT2D eigenvalue weighted by Gasteiger charge is -2.51. The van der Waals surface area contributed by atoms with Gasteiger partial charge in [-0.2, -0.15) is 0 Å². The molecule has 2 aliphatic rings. The van der Waals surface area contributed by atoms with Crippen LogP contribution in [-0.4, -0.2) is 85.7 Å². The summed E-state index contributed by atoms with van der Waals surface area (Å²) in [5.74, 6) is 0. The summed E-state index contributed by atoms with van der Waals surface area (Å²) in [6.07, 6.45) is 0. The van der Waals surface area contributed by atoms with Crippen molar-refractivity contribution in [2.75, 3.05) is 54.5 Å². The van der Waals surface area contributed by atoms with E-state index in [2.05, 4.69) is 23.9 Å². The zero-order valence-electron chi connectivity index (χ0n) is 14.0. The minimum Gasteiger partial charge on any atom is -0.331 e. The highest BCUT2D eigenvalue weighted by molar-refractivity contribution is 5.75. The van der Waals surface area contributed by atoms with Crippen molar-refractivity contribution in [3.63, 3.8) is 0 Å². The summed E-state index contributed by atoms with van der Waals surface area (Å²) in [6.45, 7) is 11.8. The van der Waals surface area contributed by atoms with E-state index in [-0.39, 0.29) is 11.6 Å². The molecule has 0 bridgehead atoms. The second-order valence-corrected chi connectivity index (χ2v) is 5.11. The van der Waals surface area contributed by atoms with Crippen LogP contribution in [0.2, 0.25) is 0 Å². The van der Waals surface area contributed by atoms with Gasteiger partial charge in [0.2, 0.25) is 0 Å². The van der Waals surface area contributed by atoms with Gasteiger partial charge in [0.1, 0.15) is 0 Å². The fraction of sp³-hybridized carbons (Fsp3) is 0.929. The van der Waals surface area contributed by atoms with Crippen LogP contribution >= 0.6 is 0 Å². The smallest absolute Gasteiger partial charge is 0.319 e. The van der Waals surface area contributed by atoms with E-state index in [1.54, 1.807) is 19.0 Å². The van der Waals surface area contributed by atoms with E-state index in [1.165, 1.54) is 0 Å². The van der Waals surface area contributed by atoms with Crippen LogP contribution in [-0.2, 0) is 0 Å². The Morgan fingerprint density at radius 3 is 1.79 bits per heavy atom. The standard InChI is InChI=1S/C10H20N4O.2C2H6/c1-11(2)9(15)14-6-10(7-14)5-12(3)8-13(10)4;2*1-2/h5-8H2,1-4H3;2*1-2H3. The molecule has 2 rings (SSSR count). The van der Waals surface area contributed by atoms with E-state index >= 15 is 0 Å². The number of likely N-dealkylation sites (tertiary alicyclic amines) is 1. The molecule has 5 heteroatoms. The molecule has 0 aromatic heterocycles. The van der Waals surface area contributed by atoms with Gasteiger partial charge in [-0.25, -0.2) is 4.79 Å². The number of rotatable bonds is 0. The Balaban J connectivity index is 0.000000741. The van der Waals surface area contributed by atoms with Crippen LogP contribution in [0.3, 0.4) is 0 Å². The van der Waals surface area contributed by atoms with Crippen molar-refractivity contribution in [1.82, 2.24) is 19.6 Å². The van der Waals surface area contributed by atoms with Crippen LogP contribution in [0, 0.1) is 0 Å². The number of hydrogen-bond donors (Lipinski definition) is 0. The third-order valence-electron chi connectivity index (χ3n) is 3.45. The number of carbonyl (C=O) groups excluding carboxylic acids is 1. The van der Waals surface area contributed by atoms with Gasteiger partial charge >= 0.3 is 6.03 Å². The number of carbonyl (C=O) groups is 1. The first-order valence-corrected chi connectivity index (χ1v) is 7.31. The fourth-order valence-electron chi connectivity index (χ4n) is 2.61. The molecule has 2 fully saturated rings. The van der Waals surface area contributed by atoms with Gasteiger partial charge in [-0.1, -0.05) is 27.7 Å². The maximum absolute atomic E-state index is 11.7. The number of nitrogens with zero attached hydrogens (tertiary/aromatic N) is 4. The third kappa shape index (κ3) is 3.83. The van der Waals surface area contributed by atoms with Crippen molar-refractivity contribution in [2.24, 2.45) is 0 Å². The normalized spacial score (nSPS) is 20.9. The second kappa shape index (κ2) is 7.70. The zero-order chi connectivity index (χ0) is 15.2. The molecule has 5 nitrogen and oxygen atoms in total. The number of hydrogen-bond acceptors (Lipinski definition) is 3. The lowest BCUT2D eigenvalue weighted by atomic mass is 9.90. The molecule has 114 valence electrons. The fourth-order valence-corrected chi connectivity index (χ4v) is 2.61. The van der Waals surface area contributed by atoms with Crippen molar-refractivity contribution in [3.8, 4) is 0 Å². The maximum atomic E-state index is 11.7. The van der Waals surface area contributed by atoms with Crippen LogP contribution in [0.1, 0.15) is 27.7 Å². The molecule has 0 unspecified atom stereocenters. The van der Waals surface area contributed by atoms with Gasteiger partial charge in [-0.15, -0.1) is 0 Å². The zero-order valence-corrected chi connectivity index (χ0v) is 14.0. The Kier molecular flexibility index (Phi) is 7.37. The van der Waals surface area contributed by atoms with E-state index in [0.29, 0.717) is 0 Å². The van der Waals surface area contributed by atoms with Crippen molar-refractivity contribution >= 4 is 6.03 Å². The Morgan fingerprint density at radius 2 is 1.47 bits per heavy atom. The summed E-state index contributed by atoms with van der Waals surface area (Å²) in [4.78, 5) is 19.9.